The molecule has 1 aliphatic carbocycles. The van der Waals surface area contributed by atoms with Gasteiger partial charge in [0, 0.05) is 24.7 Å². The Hall–Kier alpha value is -3.03. The lowest BCUT2D eigenvalue weighted by Crippen LogP contribution is -2.38. The van der Waals surface area contributed by atoms with Crippen LogP contribution in [0.15, 0.2) is 53.1 Å². The van der Waals surface area contributed by atoms with E-state index in [0.29, 0.717) is 29.9 Å². The maximum absolute atomic E-state index is 11.6. The van der Waals surface area contributed by atoms with E-state index >= 15 is 0 Å². The van der Waals surface area contributed by atoms with E-state index in [1.165, 1.54) is 18.2 Å². The minimum Gasteiger partial charge on any atom is -0.465 e. The molecule has 1 aromatic heterocycles. The summed E-state index contributed by atoms with van der Waals surface area (Å²) in [5, 5.41) is 4.13. The predicted octanol–water partition coefficient (Wildman–Crippen LogP) is 3.20. The van der Waals surface area contributed by atoms with Crippen LogP contribution in [-0.2, 0) is 24.1 Å². The van der Waals surface area contributed by atoms with Crippen LogP contribution in [0, 0.1) is 0 Å². The van der Waals surface area contributed by atoms with Crippen LogP contribution in [0.25, 0.3) is 11.4 Å². The van der Waals surface area contributed by atoms with Crippen LogP contribution in [0.1, 0.15) is 33.8 Å². The zero-order valence-electron chi connectivity index (χ0n) is 18.4. The molecule has 0 N–H and O–H groups in total. The Balaban J connectivity index is 1.17. The summed E-state index contributed by atoms with van der Waals surface area (Å²) in [5.41, 5.74) is 4.34. The van der Waals surface area contributed by atoms with Gasteiger partial charge in [0.2, 0.25) is 11.7 Å². The molecule has 0 saturated carbocycles. The van der Waals surface area contributed by atoms with Gasteiger partial charge in [-0.05, 0) is 55.6 Å². The van der Waals surface area contributed by atoms with Crippen LogP contribution in [0.4, 0.5) is 0 Å². The number of aromatic nitrogens is 2. The molecule has 166 valence electrons. The molecule has 3 aromatic rings. The number of benzene rings is 2. The third kappa shape index (κ3) is 4.45. The van der Waals surface area contributed by atoms with Gasteiger partial charge in [0.1, 0.15) is 0 Å². The van der Waals surface area contributed by atoms with E-state index in [2.05, 4.69) is 44.2 Å². The fourth-order valence-electron chi connectivity index (χ4n) is 4.81. The highest BCUT2D eigenvalue weighted by molar-refractivity contribution is 5.89. The van der Waals surface area contributed by atoms with E-state index in [1.54, 1.807) is 12.1 Å². The van der Waals surface area contributed by atoms with Crippen LogP contribution in [0.2, 0.25) is 0 Å². The highest BCUT2D eigenvalue weighted by atomic mass is 16.5. The van der Waals surface area contributed by atoms with Gasteiger partial charge in [0.15, 0.2) is 0 Å². The largest absolute Gasteiger partial charge is 0.465 e. The molecule has 2 heterocycles. The zero-order valence-corrected chi connectivity index (χ0v) is 18.4. The third-order valence-electron chi connectivity index (χ3n) is 6.56. The van der Waals surface area contributed by atoms with Gasteiger partial charge < -0.3 is 9.26 Å². The Labute approximate surface area is 188 Å². The van der Waals surface area contributed by atoms with Gasteiger partial charge in [-0.25, -0.2) is 4.79 Å². The molecule has 0 bridgehead atoms. The number of carbonyl (C=O) groups excluding carboxylic acids is 1. The Morgan fingerprint density at radius 3 is 2.50 bits per heavy atom. The summed E-state index contributed by atoms with van der Waals surface area (Å²) in [6.45, 7) is 4.89. The number of ether oxygens (including phenoxy) is 1. The highest BCUT2D eigenvalue weighted by Gasteiger charge is 2.28. The van der Waals surface area contributed by atoms with E-state index in [1.807, 2.05) is 12.1 Å². The number of methoxy groups -OCH3 is 1. The van der Waals surface area contributed by atoms with Crippen molar-refractivity contribution in [2.24, 2.45) is 0 Å². The molecule has 0 unspecified atom stereocenters. The average molecular weight is 433 g/mol. The van der Waals surface area contributed by atoms with Crippen molar-refractivity contribution in [2.75, 3.05) is 33.3 Å². The maximum Gasteiger partial charge on any atom is 0.337 e. The third-order valence-corrected chi connectivity index (χ3v) is 6.56. The molecule has 1 saturated heterocycles. The molecule has 1 fully saturated rings. The summed E-state index contributed by atoms with van der Waals surface area (Å²) in [6, 6.07) is 16.5. The number of fused-ring (bicyclic) bond motifs is 1. The van der Waals surface area contributed by atoms with Crippen molar-refractivity contribution in [1.29, 1.82) is 0 Å². The van der Waals surface area contributed by atoms with E-state index in [4.69, 9.17) is 9.26 Å². The van der Waals surface area contributed by atoms with Crippen LogP contribution < -0.4 is 0 Å². The number of nitrogens with zero attached hydrogens (tertiary/aromatic N) is 4. The average Bonchev–Trinajstić information content (AvgIpc) is 3.41. The number of carbonyl (C=O) groups is 1. The number of esters is 1. The fraction of sp³-hybridized carbons (Fsp3) is 0.400. The van der Waals surface area contributed by atoms with Crippen molar-refractivity contribution in [3.63, 3.8) is 0 Å². The SMILES string of the molecule is COC(=O)c1ccc(-c2noc(CN3CCCN(C4Cc5ccccc5C4)CC3)n2)cc1. The van der Waals surface area contributed by atoms with Gasteiger partial charge in [-0.2, -0.15) is 4.98 Å². The van der Waals surface area contributed by atoms with E-state index in [0.717, 1.165) is 51.0 Å². The van der Waals surface area contributed by atoms with Crippen molar-refractivity contribution < 1.29 is 14.1 Å². The Kier molecular flexibility index (Phi) is 6.01. The summed E-state index contributed by atoms with van der Waals surface area (Å²) < 4.78 is 10.3. The Morgan fingerprint density at radius 2 is 1.78 bits per heavy atom. The van der Waals surface area contributed by atoms with E-state index in [9.17, 15) is 4.79 Å². The van der Waals surface area contributed by atoms with Crippen molar-refractivity contribution in [1.82, 2.24) is 19.9 Å². The molecule has 0 spiro atoms. The van der Waals surface area contributed by atoms with E-state index < -0.39 is 0 Å². The van der Waals surface area contributed by atoms with E-state index in [-0.39, 0.29) is 5.97 Å². The summed E-state index contributed by atoms with van der Waals surface area (Å²) in [4.78, 5) is 21.2. The minimum absolute atomic E-state index is 0.359. The molecular formula is C25H28N4O3. The molecule has 7 nitrogen and oxygen atoms in total. The van der Waals surface area contributed by atoms with Crippen LogP contribution in [0.5, 0.6) is 0 Å². The van der Waals surface area contributed by atoms with Crippen molar-refractivity contribution >= 4 is 5.97 Å². The van der Waals surface area contributed by atoms with Gasteiger partial charge in [0.05, 0.1) is 19.2 Å². The second-order valence-corrected chi connectivity index (χ2v) is 8.58. The second-order valence-electron chi connectivity index (χ2n) is 8.58. The first-order valence-corrected chi connectivity index (χ1v) is 11.2. The lowest BCUT2D eigenvalue weighted by atomic mass is 10.1. The minimum atomic E-state index is -0.359. The standard InChI is InChI=1S/C25H28N4O3/c1-31-25(30)19-9-7-18(8-10-19)24-26-23(32-27-24)17-28-11-4-12-29(14-13-28)22-15-20-5-2-3-6-21(20)16-22/h2-3,5-10,22H,4,11-17H2,1H3. The molecule has 1 aliphatic heterocycles. The monoisotopic (exact) mass is 432 g/mol. The smallest absolute Gasteiger partial charge is 0.337 e. The molecule has 32 heavy (non-hydrogen) atoms. The topological polar surface area (TPSA) is 71.7 Å². The molecular weight excluding hydrogens is 404 g/mol. The molecule has 0 radical (unpaired) electrons. The molecule has 0 atom stereocenters. The molecule has 5 rings (SSSR count). The number of rotatable bonds is 5. The number of hydrogen-bond acceptors (Lipinski definition) is 7. The van der Waals surface area contributed by atoms with Gasteiger partial charge in [-0.15, -0.1) is 0 Å². The first-order chi connectivity index (χ1) is 15.7. The number of hydrogen-bond donors (Lipinski definition) is 0. The van der Waals surface area contributed by atoms with Gasteiger partial charge >= 0.3 is 5.97 Å². The summed E-state index contributed by atoms with van der Waals surface area (Å²) >= 11 is 0. The van der Waals surface area contributed by atoms with Gasteiger partial charge in [0.25, 0.3) is 0 Å². The normalized spacial score (nSPS) is 17.8. The molecule has 7 heteroatoms. The predicted molar refractivity (Wildman–Crippen MR) is 120 cm³/mol. The van der Waals surface area contributed by atoms with Gasteiger partial charge in [-0.1, -0.05) is 41.6 Å². The highest BCUT2D eigenvalue weighted by Crippen LogP contribution is 2.26. The fourth-order valence-corrected chi connectivity index (χ4v) is 4.81. The van der Waals surface area contributed by atoms with Crippen LogP contribution in [0.3, 0.4) is 0 Å². The van der Waals surface area contributed by atoms with Crippen LogP contribution in [-0.4, -0.2) is 65.2 Å². The summed E-state index contributed by atoms with van der Waals surface area (Å²) in [6.07, 6.45) is 3.47. The quantitative estimate of drug-likeness (QED) is 0.574. The van der Waals surface area contributed by atoms with Crippen molar-refractivity contribution in [2.45, 2.75) is 31.8 Å². The zero-order chi connectivity index (χ0) is 21.9. The van der Waals surface area contributed by atoms with Crippen LogP contribution >= 0.6 is 0 Å². The molecule has 2 aromatic carbocycles. The summed E-state index contributed by atoms with van der Waals surface area (Å²) in [7, 11) is 1.37. The molecule has 2 aliphatic rings. The first-order valence-electron chi connectivity index (χ1n) is 11.2. The van der Waals surface area contributed by atoms with Crippen molar-refractivity contribution in [3.8, 4) is 11.4 Å². The summed E-state index contributed by atoms with van der Waals surface area (Å²) in [5.74, 6) is 0.803. The lowest BCUT2D eigenvalue weighted by Gasteiger charge is -2.27. The Bertz CT molecular complexity index is 1050. The lowest BCUT2D eigenvalue weighted by molar-refractivity contribution is 0.0600. The Morgan fingerprint density at radius 1 is 1.03 bits per heavy atom. The first kappa shape index (κ1) is 20.8. The van der Waals surface area contributed by atoms with Gasteiger partial charge in [-0.3, -0.25) is 9.80 Å². The maximum atomic E-state index is 11.6. The molecule has 0 amide bonds. The van der Waals surface area contributed by atoms with Crippen molar-refractivity contribution in [3.05, 3.63) is 71.1 Å². The second kappa shape index (κ2) is 9.22.